The first-order valence-electron chi connectivity index (χ1n) is 9.14. The Kier molecular flexibility index (Phi) is 6.59. The van der Waals surface area contributed by atoms with Gasteiger partial charge in [0, 0.05) is 17.9 Å². The zero-order valence-electron chi connectivity index (χ0n) is 16.3. The standard InChI is InChI=1S/C21H25N3O3S/c1-24(2)17(14-8-9-18-15(12-14)10-11-27-18)13-22-20(25)21(26)23-16-6-4-5-7-19(16)28-3/h4-9,12,17H,10-11,13H2,1-3H3,(H,22,25)(H,23,26)/t17-/m0/s1. The maximum Gasteiger partial charge on any atom is 0.313 e. The van der Waals surface area contributed by atoms with Crippen molar-refractivity contribution in [1.29, 1.82) is 0 Å². The molecule has 0 aliphatic carbocycles. The summed E-state index contributed by atoms with van der Waals surface area (Å²) in [4.78, 5) is 27.6. The summed E-state index contributed by atoms with van der Waals surface area (Å²) in [5, 5.41) is 5.44. The van der Waals surface area contributed by atoms with E-state index in [9.17, 15) is 9.59 Å². The van der Waals surface area contributed by atoms with Crippen LogP contribution in [-0.4, -0.2) is 50.2 Å². The molecule has 2 aromatic rings. The molecule has 148 valence electrons. The van der Waals surface area contributed by atoms with Gasteiger partial charge in [0.05, 0.1) is 18.3 Å². The second-order valence-corrected chi connectivity index (χ2v) is 7.66. The van der Waals surface area contributed by atoms with Crippen molar-refractivity contribution in [1.82, 2.24) is 10.2 Å². The summed E-state index contributed by atoms with van der Waals surface area (Å²) < 4.78 is 5.56. The number of ether oxygens (including phenoxy) is 1. The number of likely N-dealkylation sites (N-methyl/N-ethyl adjacent to an activating group) is 1. The van der Waals surface area contributed by atoms with Gasteiger partial charge in [-0.15, -0.1) is 11.8 Å². The summed E-state index contributed by atoms with van der Waals surface area (Å²) in [7, 11) is 3.91. The zero-order valence-corrected chi connectivity index (χ0v) is 17.1. The predicted molar refractivity (Wildman–Crippen MR) is 112 cm³/mol. The zero-order chi connectivity index (χ0) is 20.1. The lowest BCUT2D eigenvalue weighted by Crippen LogP contribution is -2.40. The lowest BCUT2D eigenvalue weighted by atomic mass is 10.0. The monoisotopic (exact) mass is 399 g/mol. The Morgan fingerprint density at radius 3 is 2.71 bits per heavy atom. The van der Waals surface area contributed by atoms with Crippen LogP contribution in [0.4, 0.5) is 5.69 Å². The molecule has 3 rings (SSSR count). The van der Waals surface area contributed by atoms with Crippen LogP contribution >= 0.6 is 11.8 Å². The molecule has 1 heterocycles. The quantitative estimate of drug-likeness (QED) is 0.577. The molecule has 6 nitrogen and oxygen atoms in total. The van der Waals surface area contributed by atoms with Crippen LogP contribution in [0, 0.1) is 0 Å². The van der Waals surface area contributed by atoms with Crippen LogP contribution < -0.4 is 15.4 Å². The average Bonchev–Trinajstić information content (AvgIpc) is 3.16. The molecule has 2 amide bonds. The van der Waals surface area contributed by atoms with Crippen molar-refractivity contribution in [2.24, 2.45) is 0 Å². The smallest absolute Gasteiger partial charge is 0.313 e. The Hall–Kier alpha value is -2.51. The van der Waals surface area contributed by atoms with Crippen molar-refractivity contribution < 1.29 is 14.3 Å². The first-order chi connectivity index (χ1) is 13.5. The third-order valence-corrected chi connectivity index (χ3v) is 5.53. The number of nitrogens with zero attached hydrogens (tertiary/aromatic N) is 1. The van der Waals surface area contributed by atoms with Crippen molar-refractivity contribution in [2.75, 3.05) is 38.8 Å². The third-order valence-electron chi connectivity index (χ3n) is 4.74. The fourth-order valence-electron chi connectivity index (χ4n) is 3.21. The summed E-state index contributed by atoms with van der Waals surface area (Å²) in [6.07, 6.45) is 2.82. The van der Waals surface area contributed by atoms with E-state index in [4.69, 9.17) is 4.74 Å². The highest BCUT2D eigenvalue weighted by Crippen LogP contribution is 2.29. The van der Waals surface area contributed by atoms with E-state index in [-0.39, 0.29) is 6.04 Å². The summed E-state index contributed by atoms with van der Waals surface area (Å²) in [6, 6.07) is 13.5. The van der Waals surface area contributed by atoms with Gasteiger partial charge in [0.15, 0.2) is 0 Å². The van der Waals surface area contributed by atoms with E-state index in [2.05, 4.69) is 16.7 Å². The summed E-state index contributed by atoms with van der Waals surface area (Å²) in [5.41, 5.74) is 2.91. The first kappa shape index (κ1) is 20.2. The minimum Gasteiger partial charge on any atom is -0.493 e. The van der Waals surface area contributed by atoms with Gasteiger partial charge < -0.3 is 20.3 Å². The Morgan fingerprint density at radius 2 is 1.96 bits per heavy atom. The summed E-state index contributed by atoms with van der Waals surface area (Å²) >= 11 is 1.51. The van der Waals surface area contributed by atoms with Crippen LogP contribution in [-0.2, 0) is 16.0 Å². The number of carbonyl (C=O) groups is 2. The highest BCUT2D eigenvalue weighted by molar-refractivity contribution is 7.98. The minimum absolute atomic E-state index is 0.0406. The Bertz CT molecular complexity index is 870. The Balaban J connectivity index is 1.63. The number of anilines is 1. The Labute approximate surface area is 169 Å². The third kappa shape index (κ3) is 4.66. The van der Waals surface area contributed by atoms with Gasteiger partial charge in [-0.1, -0.05) is 24.3 Å². The average molecular weight is 400 g/mol. The van der Waals surface area contributed by atoms with Crippen LogP contribution in [0.25, 0.3) is 0 Å². The normalized spacial score (nSPS) is 13.6. The van der Waals surface area contributed by atoms with Crippen molar-refractivity contribution in [3.05, 3.63) is 53.6 Å². The van der Waals surface area contributed by atoms with Gasteiger partial charge in [0.1, 0.15) is 5.75 Å². The molecule has 0 radical (unpaired) electrons. The van der Waals surface area contributed by atoms with Gasteiger partial charge >= 0.3 is 11.8 Å². The van der Waals surface area contributed by atoms with Gasteiger partial charge in [-0.2, -0.15) is 0 Å². The number of benzene rings is 2. The van der Waals surface area contributed by atoms with E-state index < -0.39 is 11.8 Å². The number of amides is 2. The maximum atomic E-state index is 12.3. The van der Waals surface area contributed by atoms with Gasteiger partial charge in [0.2, 0.25) is 0 Å². The highest BCUT2D eigenvalue weighted by atomic mass is 32.2. The van der Waals surface area contributed by atoms with E-state index >= 15 is 0 Å². The fourth-order valence-corrected chi connectivity index (χ4v) is 3.76. The second-order valence-electron chi connectivity index (χ2n) is 6.81. The maximum absolute atomic E-state index is 12.3. The van der Waals surface area contributed by atoms with Crippen molar-refractivity contribution in [2.45, 2.75) is 17.4 Å². The van der Waals surface area contributed by atoms with Crippen molar-refractivity contribution >= 4 is 29.3 Å². The van der Waals surface area contributed by atoms with Crippen LogP contribution in [0.5, 0.6) is 5.75 Å². The largest absolute Gasteiger partial charge is 0.493 e. The van der Waals surface area contributed by atoms with Gasteiger partial charge in [-0.3, -0.25) is 9.59 Å². The van der Waals surface area contributed by atoms with E-state index in [0.717, 1.165) is 22.6 Å². The predicted octanol–water partition coefficient (Wildman–Crippen LogP) is 2.70. The molecule has 1 aliphatic rings. The van der Waals surface area contributed by atoms with Gasteiger partial charge in [-0.25, -0.2) is 0 Å². The van der Waals surface area contributed by atoms with Crippen LogP contribution in [0.1, 0.15) is 17.2 Å². The molecule has 0 saturated heterocycles. The molecule has 2 aromatic carbocycles. The highest BCUT2D eigenvalue weighted by Gasteiger charge is 2.21. The SMILES string of the molecule is CSc1ccccc1NC(=O)C(=O)NC[C@@H](c1ccc2c(c1)CCO2)N(C)C. The van der Waals surface area contributed by atoms with E-state index in [1.54, 1.807) is 6.07 Å². The van der Waals surface area contributed by atoms with Crippen LogP contribution in [0.3, 0.4) is 0 Å². The second kappa shape index (κ2) is 9.12. The molecule has 1 atom stereocenters. The fraction of sp³-hybridized carbons (Fsp3) is 0.333. The van der Waals surface area contributed by atoms with Gasteiger partial charge in [-0.05, 0) is 49.7 Å². The molecule has 7 heteroatoms. The molecular weight excluding hydrogens is 374 g/mol. The number of fused-ring (bicyclic) bond motifs is 1. The van der Waals surface area contributed by atoms with Crippen LogP contribution in [0.15, 0.2) is 47.4 Å². The number of rotatable bonds is 6. The Morgan fingerprint density at radius 1 is 1.18 bits per heavy atom. The lowest BCUT2D eigenvalue weighted by Gasteiger charge is -2.25. The molecule has 0 spiro atoms. The number of hydrogen-bond donors (Lipinski definition) is 2. The van der Waals surface area contributed by atoms with Crippen molar-refractivity contribution in [3.8, 4) is 5.75 Å². The summed E-state index contributed by atoms with van der Waals surface area (Å²) in [6.45, 7) is 1.04. The number of hydrogen-bond acceptors (Lipinski definition) is 5. The van der Waals surface area contributed by atoms with E-state index in [0.29, 0.717) is 18.8 Å². The number of nitrogens with one attached hydrogen (secondary N) is 2. The minimum atomic E-state index is -0.665. The molecule has 0 fully saturated rings. The van der Waals surface area contributed by atoms with Gasteiger partial charge in [0.25, 0.3) is 0 Å². The molecule has 1 aliphatic heterocycles. The molecule has 2 N–H and O–H groups in total. The topological polar surface area (TPSA) is 70.7 Å². The molecule has 0 aromatic heterocycles. The first-order valence-corrected chi connectivity index (χ1v) is 10.4. The molecule has 0 bridgehead atoms. The summed E-state index contributed by atoms with van der Waals surface area (Å²) in [5.74, 6) is -0.384. The van der Waals surface area contributed by atoms with Crippen LogP contribution in [0.2, 0.25) is 0 Å². The van der Waals surface area contributed by atoms with E-state index in [1.165, 1.54) is 17.3 Å². The molecular formula is C21H25N3O3S. The number of para-hydroxylation sites is 1. The molecule has 28 heavy (non-hydrogen) atoms. The number of thioether (sulfide) groups is 1. The van der Waals surface area contributed by atoms with E-state index in [1.807, 2.05) is 55.6 Å². The lowest BCUT2D eigenvalue weighted by molar-refractivity contribution is -0.136. The van der Waals surface area contributed by atoms with Crippen molar-refractivity contribution in [3.63, 3.8) is 0 Å². The molecule has 0 unspecified atom stereocenters. The molecule has 0 saturated carbocycles. The number of carbonyl (C=O) groups excluding carboxylic acids is 2.